The van der Waals surface area contributed by atoms with Gasteiger partial charge in [-0.2, -0.15) is 0 Å². The van der Waals surface area contributed by atoms with Crippen molar-refractivity contribution in [3.8, 4) is 0 Å². The number of nitrogens with two attached hydrogens (primary N) is 4. The van der Waals surface area contributed by atoms with Gasteiger partial charge >= 0.3 is 12.1 Å². The van der Waals surface area contributed by atoms with E-state index >= 15 is 0 Å². The average Bonchev–Trinajstić information content (AvgIpc) is 2.15. The monoisotopic (exact) mass is 218 g/mol. The van der Waals surface area contributed by atoms with Crippen LogP contribution in [0.1, 0.15) is 19.8 Å². The van der Waals surface area contributed by atoms with Crippen LogP contribution in [0.5, 0.6) is 0 Å². The standard InChI is InChI=1S/C7H18N6O2/c1-5(13(11)7(9)15)3-2-4-12(10)6(8)14/h5H,2-4,10-11H2,1H3,(H2,8,14)(H2,9,15). The fraction of sp³-hybridized carbons (Fsp3) is 0.714. The topological polar surface area (TPSA) is 145 Å². The van der Waals surface area contributed by atoms with Gasteiger partial charge in [0.25, 0.3) is 0 Å². The molecule has 1 unspecified atom stereocenters. The lowest BCUT2D eigenvalue weighted by atomic mass is 10.2. The van der Waals surface area contributed by atoms with Crippen LogP contribution in [0.25, 0.3) is 0 Å². The number of hydrogen-bond donors (Lipinski definition) is 4. The number of hydrogen-bond acceptors (Lipinski definition) is 4. The maximum atomic E-state index is 10.7. The largest absolute Gasteiger partial charge is 0.350 e. The van der Waals surface area contributed by atoms with Gasteiger partial charge in [-0.1, -0.05) is 0 Å². The number of carbonyl (C=O) groups is 2. The zero-order valence-corrected chi connectivity index (χ0v) is 8.72. The van der Waals surface area contributed by atoms with Crippen LogP contribution in [0.3, 0.4) is 0 Å². The maximum absolute atomic E-state index is 10.7. The van der Waals surface area contributed by atoms with Crippen molar-refractivity contribution in [1.29, 1.82) is 0 Å². The number of amides is 4. The summed E-state index contributed by atoms with van der Waals surface area (Å²) in [7, 11) is 0. The Morgan fingerprint density at radius 1 is 1.20 bits per heavy atom. The summed E-state index contributed by atoms with van der Waals surface area (Å²) in [5.74, 6) is 10.6. The highest BCUT2D eigenvalue weighted by Gasteiger charge is 2.13. The van der Waals surface area contributed by atoms with Crippen LogP contribution in [0.15, 0.2) is 0 Å². The van der Waals surface area contributed by atoms with Gasteiger partial charge in [0.1, 0.15) is 0 Å². The highest BCUT2D eigenvalue weighted by Crippen LogP contribution is 2.02. The minimum Gasteiger partial charge on any atom is -0.350 e. The van der Waals surface area contributed by atoms with E-state index in [1.54, 1.807) is 6.92 Å². The molecule has 8 N–H and O–H groups in total. The van der Waals surface area contributed by atoms with Gasteiger partial charge in [0.05, 0.1) is 0 Å². The molecule has 0 aromatic rings. The van der Waals surface area contributed by atoms with Crippen LogP contribution in [0, 0.1) is 0 Å². The van der Waals surface area contributed by atoms with E-state index in [-0.39, 0.29) is 6.04 Å². The van der Waals surface area contributed by atoms with Crippen LogP contribution >= 0.6 is 0 Å². The third-order valence-electron chi connectivity index (χ3n) is 2.03. The number of urea groups is 2. The lowest BCUT2D eigenvalue weighted by Gasteiger charge is -2.22. The Labute approximate surface area is 88.1 Å². The van der Waals surface area contributed by atoms with Gasteiger partial charge in [-0.3, -0.25) is 10.0 Å². The number of carbonyl (C=O) groups excluding carboxylic acids is 2. The fourth-order valence-electron chi connectivity index (χ4n) is 1.02. The number of primary amides is 2. The molecule has 0 saturated carbocycles. The van der Waals surface area contributed by atoms with Gasteiger partial charge in [-0.15, -0.1) is 0 Å². The van der Waals surface area contributed by atoms with Crippen molar-refractivity contribution >= 4 is 12.1 Å². The van der Waals surface area contributed by atoms with Crippen LogP contribution < -0.4 is 23.2 Å². The number of nitrogens with zero attached hydrogens (tertiary/aromatic N) is 2. The van der Waals surface area contributed by atoms with Gasteiger partial charge in [0.15, 0.2) is 0 Å². The first kappa shape index (κ1) is 13.5. The molecule has 88 valence electrons. The summed E-state index contributed by atoms with van der Waals surface area (Å²) in [6.45, 7) is 2.06. The second kappa shape index (κ2) is 6.04. The molecule has 0 spiro atoms. The molecular formula is C7H18N6O2. The third kappa shape index (κ3) is 5.03. The average molecular weight is 218 g/mol. The Bertz CT molecular complexity index is 234. The van der Waals surface area contributed by atoms with E-state index in [4.69, 9.17) is 23.2 Å². The summed E-state index contributed by atoms with van der Waals surface area (Å²) < 4.78 is 0. The molecule has 0 rings (SSSR count). The Balaban J connectivity index is 3.77. The molecule has 4 amide bonds. The molecule has 15 heavy (non-hydrogen) atoms. The van der Waals surface area contributed by atoms with Crippen molar-refractivity contribution in [2.75, 3.05) is 6.54 Å². The minimum absolute atomic E-state index is 0.205. The van der Waals surface area contributed by atoms with Gasteiger partial charge in [0.2, 0.25) is 0 Å². The molecule has 0 aliphatic heterocycles. The van der Waals surface area contributed by atoms with Gasteiger partial charge in [0, 0.05) is 12.6 Å². The smallest absolute Gasteiger partial charge is 0.329 e. The van der Waals surface area contributed by atoms with E-state index in [0.29, 0.717) is 19.4 Å². The quantitative estimate of drug-likeness (QED) is 0.257. The summed E-state index contributed by atoms with van der Waals surface area (Å²) in [5, 5.41) is 1.84. The van der Waals surface area contributed by atoms with E-state index in [0.717, 1.165) is 10.0 Å². The summed E-state index contributed by atoms with van der Waals surface area (Å²) in [4.78, 5) is 21.2. The molecule has 8 nitrogen and oxygen atoms in total. The second-order valence-corrected chi connectivity index (χ2v) is 3.27. The first-order valence-electron chi connectivity index (χ1n) is 4.51. The Morgan fingerprint density at radius 3 is 2.13 bits per heavy atom. The summed E-state index contributed by atoms with van der Waals surface area (Å²) in [6.07, 6.45) is 1.17. The zero-order valence-electron chi connectivity index (χ0n) is 8.72. The molecule has 8 heteroatoms. The van der Waals surface area contributed by atoms with Crippen LogP contribution in [-0.2, 0) is 0 Å². The Kier molecular flexibility index (Phi) is 5.42. The van der Waals surface area contributed by atoms with Gasteiger partial charge in [-0.25, -0.2) is 21.3 Å². The highest BCUT2D eigenvalue weighted by atomic mass is 16.2. The van der Waals surface area contributed by atoms with Crippen molar-refractivity contribution < 1.29 is 9.59 Å². The number of rotatable bonds is 5. The maximum Gasteiger partial charge on any atom is 0.329 e. The van der Waals surface area contributed by atoms with Gasteiger partial charge < -0.3 is 11.5 Å². The zero-order chi connectivity index (χ0) is 12.0. The summed E-state index contributed by atoms with van der Waals surface area (Å²) in [5.41, 5.74) is 9.88. The van der Waals surface area contributed by atoms with E-state index in [1.165, 1.54) is 0 Å². The van der Waals surface area contributed by atoms with Crippen LogP contribution in [0.4, 0.5) is 9.59 Å². The molecule has 0 aromatic heterocycles. The third-order valence-corrected chi connectivity index (χ3v) is 2.03. The Morgan fingerprint density at radius 2 is 1.73 bits per heavy atom. The van der Waals surface area contributed by atoms with Crippen molar-refractivity contribution in [3.05, 3.63) is 0 Å². The van der Waals surface area contributed by atoms with E-state index in [1.807, 2.05) is 0 Å². The minimum atomic E-state index is -0.693. The van der Waals surface area contributed by atoms with Crippen molar-refractivity contribution in [1.82, 2.24) is 10.0 Å². The van der Waals surface area contributed by atoms with E-state index < -0.39 is 12.1 Å². The summed E-state index contributed by atoms with van der Waals surface area (Å²) >= 11 is 0. The Hall–Kier alpha value is -1.54. The highest BCUT2D eigenvalue weighted by molar-refractivity contribution is 5.71. The predicted octanol–water partition coefficient (Wildman–Crippen LogP) is -1.34. The molecule has 0 heterocycles. The SMILES string of the molecule is CC(CCCN(N)C(N)=O)N(N)C(N)=O. The van der Waals surface area contributed by atoms with Crippen molar-refractivity contribution in [2.45, 2.75) is 25.8 Å². The number of hydrazine groups is 2. The molecule has 0 radical (unpaired) electrons. The first-order valence-corrected chi connectivity index (χ1v) is 4.51. The molecule has 0 fully saturated rings. The fourth-order valence-corrected chi connectivity index (χ4v) is 1.02. The molecule has 0 aliphatic carbocycles. The lowest BCUT2D eigenvalue weighted by Crippen LogP contribution is -2.47. The van der Waals surface area contributed by atoms with Crippen LogP contribution in [-0.4, -0.2) is 34.7 Å². The molecule has 0 aliphatic rings. The molecule has 0 bridgehead atoms. The molecule has 0 saturated heterocycles. The molecule has 0 aromatic carbocycles. The van der Waals surface area contributed by atoms with Gasteiger partial charge in [-0.05, 0) is 19.8 Å². The van der Waals surface area contributed by atoms with E-state index in [2.05, 4.69) is 0 Å². The first-order chi connectivity index (χ1) is 6.86. The summed E-state index contributed by atoms with van der Waals surface area (Å²) in [6, 6.07) is -1.59. The molecular weight excluding hydrogens is 200 g/mol. The van der Waals surface area contributed by atoms with Crippen molar-refractivity contribution in [3.63, 3.8) is 0 Å². The lowest BCUT2D eigenvalue weighted by molar-refractivity contribution is 0.180. The predicted molar refractivity (Wildman–Crippen MR) is 54.8 cm³/mol. The molecule has 1 atom stereocenters. The second-order valence-electron chi connectivity index (χ2n) is 3.27. The van der Waals surface area contributed by atoms with E-state index in [9.17, 15) is 9.59 Å². The normalized spacial score (nSPS) is 11.9. The van der Waals surface area contributed by atoms with Crippen molar-refractivity contribution in [2.24, 2.45) is 23.2 Å². The van der Waals surface area contributed by atoms with Crippen LogP contribution in [0.2, 0.25) is 0 Å².